The number of amides is 2. The monoisotopic (exact) mass is 308 g/mol. The van der Waals surface area contributed by atoms with Crippen molar-refractivity contribution in [2.24, 2.45) is 5.92 Å². The summed E-state index contributed by atoms with van der Waals surface area (Å²) < 4.78 is 17.3. The van der Waals surface area contributed by atoms with Gasteiger partial charge in [-0.3, -0.25) is 14.3 Å². The molecule has 0 fully saturated rings. The molecule has 1 unspecified atom stereocenters. The molecule has 0 heterocycles. The number of nitrogens with one attached hydrogen (secondary N) is 2. The van der Waals surface area contributed by atoms with Crippen LogP contribution in [0.5, 0.6) is 0 Å². The van der Waals surface area contributed by atoms with Crippen molar-refractivity contribution in [1.82, 2.24) is 10.0 Å². The lowest BCUT2D eigenvalue weighted by atomic mass is 10.1. The summed E-state index contributed by atoms with van der Waals surface area (Å²) in [7, 11) is 3.12. The average molecular weight is 308 g/mol. The van der Waals surface area contributed by atoms with Crippen LogP contribution >= 0.6 is 11.9 Å². The normalized spacial score (nSPS) is 12.2. The molecule has 7 nitrogen and oxygen atoms in total. The van der Waals surface area contributed by atoms with Gasteiger partial charge in [0.05, 0.1) is 12.6 Å². The molecule has 2 N–H and O–H groups in total. The Morgan fingerprint density at radius 2 is 1.75 bits per heavy atom. The maximum atomic E-state index is 11.6. The minimum absolute atomic E-state index is 0.0674. The van der Waals surface area contributed by atoms with Crippen molar-refractivity contribution in [3.05, 3.63) is 0 Å². The Labute approximate surface area is 124 Å². The molecule has 0 aromatic heterocycles. The zero-order chi connectivity index (χ0) is 15.4. The van der Waals surface area contributed by atoms with Crippen molar-refractivity contribution in [3.63, 3.8) is 0 Å². The Bertz CT molecular complexity index is 289. The van der Waals surface area contributed by atoms with E-state index in [1.807, 2.05) is 13.8 Å². The van der Waals surface area contributed by atoms with E-state index in [9.17, 15) is 9.59 Å². The summed E-state index contributed by atoms with van der Waals surface area (Å²) in [5, 5.41) is 2.80. The smallest absolute Gasteiger partial charge is 0.255 e. The van der Waals surface area contributed by atoms with Crippen LogP contribution in [0.4, 0.5) is 0 Å². The Kier molecular flexibility index (Phi) is 11.5. The molecule has 0 aliphatic carbocycles. The van der Waals surface area contributed by atoms with Crippen LogP contribution in [-0.4, -0.2) is 57.8 Å². The molecule has 0 saturated heterocycles. The van der Waals surface area contributed by atoms with Gasteiger partial charge in [0.2, 0.25) is 5.91 Å². The van der Waals surface area contributed by atoms with Crippen molar-refractivity contribution < 1.29 is 23.8 Å². The van der Waals surface area contributed by atoms with E-state index in [0.29, 0.717) is 12.5 Å². The molecular formula is C12H24N2O5S. The van der Waals surface area contributed by atoms with Crippen LogP contribution in [0.3, 0.4) is 0 Å². The first-order valence-corrected chi connectivity index (χ1v) is 7.25. The number of hydrogen-bond donors (Lipinski definition) is 2. The van der Waals surface area contributed by atoms with Crippen molar-refractivity contribution in [1.29, 1.82) is 0 Å². The van der Waals surface area contributed by atoms with Gasteiger partial charge in [-0.25, -0.2) is 0 Å². The summed E-state index contributed by atoms with van der Waals surface area (Å²) in [6.45, 7) is 4.10. The Balaban J connectivity index is 3.78. The second-order valence-electron chi connectivity index (χ2n) is 4.44. The second-order valence-corrected chi connectivity index (χ2v) is 5.17. The fourth-order valence-electron chi connectivity index (χ4n) is 1.26. The summed E-state index contributed by atoms with van der Waals surface area (Å²) in [5.74, 6) is 0.0437. The SMILES string of the molecule is COCSNC(=O)COCC(=O)NC(COC)C(C)C. The molecule has 0 rings (SSSR count). The van der Waals surface area contributed by atoms with Crippen molar-refractivity contribution in [3.8, 4) is 0 Å². The Morgan fingerprint density at radius 1 is 1.10 bits per heavy atom. The number of hydrogen-bond acceptors (Lipinski definition) is 6. The molecule has 0 aromatic carbocycles. The van der Waals surface area contributed by atoms with Crippen LogP contribution in [0.1, 0.15) is 13.8 Å². The fraction of sp³-hybridized carbons (Fsp3) is 0.833. The van der Waals surface area contributed by atoms with Crippen LogP contribution in [0.2, 0.25) is 0 Å². The highest BCUT2D eigenvalue weighted by atomic mass is 32.2. The fourth-order valence-corrected chi connectivity index (χ4v) is 1.66. The highest BCUT2D eigenvalue weighted by Crippen LogP contribution is 2.01. The number of carbonyl (C=O) groups is 2. The minimum atomic E-state index is -0.308. The van der Waals surface area contributed by atoms with E-state index >= 15 is 0 Å². The predicted molar refractivity (Wildman–Crippen MR) is 77.1 cm³/mol. The molecule has 2 amide bonds. The summed E-state index contributed by atoms with van der Waals surface area (Å²) in [5.41, 5.74) is 0. The van der Waals surface area contributed by atoms with E-state index in [4.69, 9.17) is 14.2 Å². The topological polar surface area (TPSA) is 85.9 Å². The molecule has 8 heteroatoms. The molecule has 0 bridgehead atoms. The van der Waals surface area contributed by atoms with E-state index in [1.165, 1.54) is 7.11 Å². The summed E-state index contributed by atoms with van der Waals surface area (Å²) >= 11 is 1.12. The van der Waals surface area contributed by atoms with Crippen LogP contribution < -0.4 is 10.0 Å². The first-order valence-electron chi connectivity index (χ1n) is 6.26. The molecule has 1 atom stereocenters. The highest BCUT2D eigenvalue weighted by Gasteiger charge is 2.16. The van der Waals surface area contributed by atoms with E-state index in [-0.39, 0.29) is 37.0 Å². The molecule has 0 aliphatic rings. The van der Waals surface area contributed by atoms with E-state index in [1.54, 1.807) is 7.11 Å². The first kappa shape index (κ1) is 19.2. The Hall–Kier alpha value is -0.830. The van der Waals surface area contributed by atoms with Gasteiger partial charge in [-0.1, -0.05) is 13.8 Å². The largest absolute Gasteiger partial charge is 0.383 e. The van der Waals surface area contributed by atoms with E-state index in [0.717, 1.165) is 11.9 Å². The zero-order valence-corrected chi connectivity index (χ0v) is 13.2. The molecule has 0 saturated carbocycles. The van der Waals surface area contributed by atoms with Crippen molar-refractivity contribution in [2.45, 2.75) is 19.9 Å². The molecule has 0 aliphatic heterocycles. The van der Waals surface area contributed by atoms with Gasteiger partial charge in [0.25, 0.3) is 5.91 Å². The number of ether oxygens (including phenoxy) is 3. The lowest BCUT2D eigenvalue weighted by molar-refractivity contribution is -0.130. The molecule has 20 heavy (non-hydrogen) atoms. The van der Waals surface area contributed by atoms with Gasteiger partial charge < -0.3 is 19.5 Å². The van der Waals surface area contributed by atoms with Crippen LogP contribution in [-0.2, 0) is 23.8 Å². The quantitative estimate of drug-likeness (QED) is 0.321. The van der Waals surface area contributed by atoms with Crippen LogP contribution in [0, 0.1) is 5.92 Å². The molecule has 0 spiro atoms. The number of rotatable bonds is 11. The maximum Gasteiger partial charge on any atom is 0.255 e. The lowest BCUT2D eigenvalue weighted by Gasteiger charge is -2.21. The molecule has 118 valence electrons. The molecular weight excluding hydrogens is 284 g/mol. The standard InChI is InChI=1S/C12H24N2O5S/c1-9(2)10(5-17-3)13-11(15)6-19-7-12(16)14-20-8-18-4/h9-10H,5-8H2,1-4H3,(H,13,15)(H,14,16). The maximum absolute atomic E-state index is 11.6. The van der Waals surface area contributed by atoms with Crippen LogP contribution in [0.25, 0.3) is 0 Å². The summed E-state index contributed by atoms with van der Waals surface area (Å²) in [4.78, 5) is 22.9. The first-order chi connectivity index (χ1) is 9.51. The van der Waals surface area contributed by atoms with Gasteiger partial charge >= 0.3 is 0 Å². The predicted octanol–water partition coefficient (Wildman–Crippen LogP) is 0.159. The third-order valence-electron chi connectivity index (χ3n) is 2.33. The van der Waals surface area contributed by atoms with E-state index < -0.39 is 0 Å². The van der Waals surface area contributed by atoms with Gasteiger partial charge in [0, 0.05) is 14.2 Å². The zero-order valence-electron chi connectivity index (χ0n) is 12.4. The Morgan fingerprint density at radius 3 is 2.30 bits per heavy atom. The molecule has 0 radical (unpaired) electrons. The second kappa shape index (κ2) is 12.0. The number of carbonyl (C=O) groups excluding carboxylic acids is 2. The minimum Gasteiger partial charge on any atom is -0.383 e. The lowest BCUT2D eigenvalue weighted by Crippen LogP contribution is -2.43. The van der Waals surface area contributed by atoms with Crippen molar-refractivity contribution >= 4 is 23.8 Å². The van der Waals surface area contributed by atoms with Gasteiger partial charge in [-0.05, 0) is 17.9 Å². The van der Waals surface area contributed by atoms with Gasteiger partial charge in [-0.15, -0.1) is 0 Å². The average Bonchev–Trinajstić information content (AvgIpc) is 2.38. The third-order valence-corrected chi connectivity index (χ3v) is 3.05. The van der Waals surface area contributed by atoms with Gasteiger partial charge in [-0.2, -0.15) is 0 Å². The molecule has 0 aromatic rings. The summed E-state index contributed by atoms with van der Waals surface area (Å²) in [6, 6.07) is -0.0674. The summed E-state index contributed by atoms with van der Waals surface area (Å²) in [6.07, 6.45) is 0. The van der Waals surface area contributed by atoms with E-state index in [2.05, 4.69) is 10.0 Å². The van der Waals surface area contributed by atoms with Crippen LogP contribution in [0.15, 0.2) is 0 Å². The third kappa shape index (κ3) is 10.0. The number of methoxy groups -OCH3 is 2. The van der Waals surface area contributed by atoms with Gasteiger partial charge in [0.1, 0.15) is 19.2 Å². The van der Waals surface area contributed by atoms with Crippen molar-refractivity contribution in [2.75, 3.05) is 40.0 Å². The highest BCUT2D eigenvalue weighted by molar-refractivity contribution is 7.97. The van der Waals surface area contributed by atoms with Gasteiger partial charge in [0.15, 0.2) is 0 Å².